The van der Waals surface area contributed by atoms with E-state index in [0.29, 0.717) is 11.4 Å². The van der Waals surface area contributed by atoms with Crippen LogP contribution in [0.15, 0.2) is 48.5 Å². The molecule has 0 spiro atoms. The van der Waals surface area contributed by atoms with Gasteiger partial charge in [0.1, 0.15) is 5.82 Å². The first-order valence-corrected chi connectivity index (χ1v) is 8.60. The van der Waals surface area contributed by atoms with E-state index in [1.54, 1.807) is 24.3 Å². The predicted molar refractivity (Wildman–Crippen MR) is 101 cm³/mol. The number of ether oxygens (including phenoxy) is 1. The molecule has 0 radical (unpaired) electrons. The lowest BCUT2D eigenvalue weighted by atomic mass is 10.2. The van der Waals surface area contributed by atoms with Crippen LogP contribution in [0, 0.1) is 17.1 Å². The van der Waals surface area contributed by atoms with Gasteiger partial charge in [0, 0.05) is 24.5 Å². The summed E-state index contributed by atoms with van der Waals surface area (Å²) in [4.78, 5) is 26.1. The largest absolute Gasteiger partial charge is 0.452 e. The summed E-state index contributed by atoms with van der Waals surface area (Å²) in [6, 6.07) is 13.8. The van der Waals surface area contributed by atoms with Crippen LogP contribution < -0.4 is 10.2 Å². The Morgan fingerprint density at radius 1 is 1.18 bits per heavy atom. The van der Waals surface area contributed by atoms with E-state index >= 15 is 0 Å². The molecule has 2 rings (SSSR count). The van der Waals surface area contributed by atoms with E-state index in [2.05, 4.69) is 5.32 Å². The number of nitriles is 1. The molecule has 0 saturated heterocycles. The fourth-order valence-corrected chi connectivity index (χ4v) is 2.47. The molecule has 8 heteroatoms. The van der Waals surface area contributed by atoms with Crippen LogP contribution in [-0.4, -0.2) is 43.3 Å². The third kappa shape index (κ3) is 5.79. The summed E-state index contributed by atoms with van der Waals surface area (Å²) < 4.78 is 18.3. The molecule has 2 N–H and O–H groups in total. The van der Waals surface area contributed by atoms with Gasteiger partial charge < -0.3 is 20.1 Å². The number of aliphatic hydroxyl groups excluding tert-OH is 1. The maximum atomic E-state index is 13.1. The van der Waals surface area contributed by atoms with Gasteiger partial charge in [0.05, 0.1) is 24.7 Å². The maximum Gasteiger partial charge on any atom is 0.340 e. The first kappa shape index (κ1) is 20.9. The first-order chi connectivity index (χ1) is 13.6. The third-order valence-electron chi connectivity index (χ3n) is 3.79. The quantitative estimate of drug-likeness (QED) is 0.643. The smallest absolute Gasteiger partial charge is 0.340 e. The fourth-order valence-electron chi connectivity index (χ4n) is 2.47. The highest BCUT2D eigenvalue weighted by Gasteiger charge is 2.19. The number of hydrogen-bond acceptors (Lipinski definition) is 6. The van der Waals surface area contributed by atoms with Crippen LogP contribution in [0.4, 0.5) is 15.8 Å². The molecule has 0 bridgehead atoms. The van der Waals surface area contributed by atoms with Gasteiger partial charge in [-0.15, -0.1) is 0 Å². The molecule has 0 fully saturated rings. The van der Waals surface area contributed by atoms with Gasteiger partial charge in [-0.3, -0.25) is 4.79 Å². The number of benzene rings is 2. The van der Waals surface area contributed by atoms with Gasteiger partial charge in [0.15, 0.2) is 6.61 Å². The van der Waals surface area contributed by atoms with Crippen LogP contribution >= 0.6 is 0 Å². The summed E-state index contributed by atoms with van der Waals surface area (Å²) in [7, 11) is 0. The number of carbonyl (C=O) groups is 2. The molecular formula is C20H20FN3O4. The zero-order valence-corrected chi connectivity index (χ0v) is 15.1. The number of amides is 1. The summed E-state index contributed by atoms with van der Waals surface area (Å²) in [6.45, 7) is -0.285. The zero-order chi connectivity index (χ0) is 20.4. The lowest BCUT2D eigenvalue weighted by Gasteiger charge is -2.21. The van der Waals surface area contributed by atoms with Crippen LogP contribution in [-0.2, 0) is 9.53 Å². The van der Waals surface area contributed by atoms with Crippen molar-refractivity contribution in [3.05, 3.63) is 59.9 Å². The van der Waals surface area contributed by atoms with Gasteiger partial charge in [-0.1, -0.05) is 12.1 Å². The summed E-state index contributed by atoms with van der Waals surface area (Å²) >= 11 is 0. The van der Waals surface area contributed by atoms with Crippen LogP contribution in [0.25, 0.3) is 0 Å². The number of carbonyl (C=O) groups excluding carboxylic acids is 2. The number of aliphatic hydroxyl groups is 1. The summed E-state index contributed by atoms with van der Waals surface area (Å²) in [5, 5.41) is 20.6. The topological polar surface area (TPSA) is 103 Å². The minimum atomic E-state index is -0.700. The molecule has 0 aliphatic heterocycles. The number of nitrogens with one attached hydrogen (secondary N) is 1. The van der Waals surface area contributed by atoms with E-state index in [1.807, 2.05) is 6.07 Å². The summed E-state index contributed by atoms with van der Waals surface area (Å²) in [5.74, 6) is -1.68. The second kappa shape index (κ2) is 10.6. The summed E-state index contributed by atoms with van der Waals surface area (Å²) in [6.07, 6.45) is 0.0744. The fraction of sp³-hybridized carbons (Fsp3) is 0.250. The zero-order valence-electron chi connectivity index (χ0n) is 15.1. The molecule has 0 aliphatic rings. The molecule has 28 heavy (non-hydrogen) atoms. The average molecular weight is 385 g/mol. The van der Waals surface area contributed by atoms with E-state index < -0.39 is 24.3 Å². The summed E-state index contributed by atoms with van der Waals surface area (Å²) in [5.41, 5.74) is 1.12. The molecule has 0 aromatic heterocycles. The Bertz CT molecular complexity index is 849. The lowest BCUT2D eigenvalue weighted by molar-refractivity contribution is -0.121. The van der Waals surface area contributed by atoms with Crippen LogP contribution in [0.2, 0.25) is 0 Å². The number of halogens is 1. The van der Waals surface area contributed by atoms with Gasteiger partial charge in [0.25, 0.3) is 5.91 Å². The van der Waals surface area contributed by atoms with E-state index in [1.165, 1.54) is 29.2 Å². The Labute approximate surface area is 162 Å². The number of para-hydroxylation sites is 1. The van der Waals surface area contributed by atoms with Crippen molar-refractivity contribution in [2.45, 2.75) is 6.42 Å². The van der Waals surface area contributed by atoms with Gasteiger partial charge in [-0.05, 0) is 36.4 Å². The van der Waals surface area contributed by atoms with E-state index in [-0.39, 0.29) is 31.7 Å². The number of nitrogens with zero attached hydrogens (tertiary/aromatic N) is 2. The van der Waals surface area contributed by atoms with Crippen molar-refractivity contribution in [2.24, 2.45) is 0 Å². The number of esters is 1. The molecule has 0 aliphatic carbocycles. The molecule has 1 amide bonds. The van der Waals surface area contributed by atoms with Crippen molar-refractivity contribution in [2.75, 3.05) is 36.5 Å². The van der Waals surface area contributed by atoms with Gasteiger partial charge in [0.2, 0.25) is 0 Å². The number of rotatable bonds is 9. The predicted octanol–water partition coefficient (Wildman–Crippen LogP) is 2.33. The standard InChI is InChI=1S/C20H20FN3O4/c21-15-6-8-16(9-7-15)24(12-3-10-22)19(26)14-28-20(27)17-4-1-2-5-18(17)23-11-13-25/h1-2,4-9,23,25H,3,11-14H2. The molecule has 2 aromatic rings. The number of anilines is 2. The van der Waals surface area contributed by atoms with Crippen molar-refractivity contribution >= 4 is 23.3 Å². The van der Waals surface area contributed by atoms with Crippen molar-refractivity contribution in [1.82, 2.24) is 0 Å². The minimum absolute atomic E-state index is 0.0744. The van der Waals surface area contributed by atoms with E-state index in [0.717, 1.165) is 0 Å². The molecule has 0 saturated carbocycles. The molecular weight excluding hydrogens is 365 g/mol. The van der Waals surface area contributed by atoms with Crippen LogP contribution in [0.3, 0.4) is 0 Å². The van der Waals surface area contributed by atoms with Crippen LogP contribution in [0.1, 0.15) is 16.8 Å². The highest BCUT2D eigenvalue weighted by Crippen LogP contribution is 2.18. The third-order valence-corrected chi connectivity index (χ3v) is 3.79. The molecule has 0 heterocycles. The molecule has 2 aromatic carbocycles. The Morgan fingerprint density at radius 2 is 1.89 bits per heavy atom. The van der Waals surface area contributed by atoms with Gasteiger partial charge in [-0.25, -0.2) is 9.18 Å². The highest BCUT2D eigenvalue weighted by molar-refractivity contribution is 5.99. The Hall–Kier alpha value is -3.44. The SMILES string of the molecule is N#CCCN(C(=O)COC(=O)c1ccccc1NCCO)c1ccc(F)cc1. The van der Waals surface area contributed by atoms with Gasteiger partial charge in [-0.2, -0.15) is 5.26 Å². The van der Waals surface area contributed by atoms with E-state index in [4.69, 9.17) is 15.1 Å². The second-order valence-electron chi connectivity index (χ2n) is 5.70. The Balaban J connectivity index is 2.06. The molecule has 0 atom stereocenters. The van der Waals surface area contributed by atoms with Crippen molar-refractivity contribution in [3.8, 4) is 6.07 Å². The maximum absolute atomic E-state index is 13.1. The Kier molecular flexibility index (Phi) is 7.93. The lowest BCUT2D eigenvalue weighted by Crippen LogP contribution is -2.35. The van der Waals surface area contributed by atoms with Gasteiger partial charge >= 0.3 is 5.97 Å². The Morgan fingerprint density at radius 3 is 2.57 bits per heavy atom. The number of hydrogen-bond donors (Lipinski definition) is 2. The van der Waals surface area contributed by atoms with Crippen molar-refractivity contribution < 1.29 is 23.8 Å². The second-order valence-corrected chi connectivity index (χ2v) is 5.70. The highest BCUT2D eigenvalue weighted by atomic mass is 19.1. The monoisotopic (exact) mass is 385 g/mol. The van der Waals surface area contributed by atoms with Crippen molar-refractivity contribution in [3.63, 3.8) is 0 Å². The van der Waals surface area contributed by atoms with E-state index in [9.17, 15) is 14.0 Å². The normalized spacial score (nSPS) is 10.0. The minimum Gasteiger partial charge on any atom is -0.452 e. The van der Waals surface area contributed by atoms with Crippen LogP contribution in [0.5, 0.6) is 0 Å². The first-order valence-electron chi connectivity index (χ1n) is 8.60. The molecule has 7 nitrogen and oxygen atoms in total. The average Bonchev–Trinajstić information content (AvgIpc) is 2.72. The molecule has 146 valence electrons. The van der Waals surface area contributed by atoms with Crippen molar-refractivity contribution in [1.29, 1.82) is 5.26 Å². The molecule has 0 unspecified atom stereocenters.